The first-order chi connectivity index (χ1) is 14.3. The lowest BCUT2D eigenvalue weighted by Gasteiger charge is -2.44. The van der Waals surface area contributed by atoms with Gasteiger partial charge in [-0.3, -0.25) is 4.79 Å². The van der Waals surface area contributed by atoms with Gasteiger partial charge in [0.05, 0.1) is 16.4 Å². The number of amides is 1. The van der Waals surface area contributed by atoms with Crippen molar-refractivity contribution in [2.24, 2.45) is 5.92 Å². The normalized spacial score (nSPS) is 21.6. The van der Waals surface area contributed by atoms with E-state index in [4.69, 9.17) is 0 Å². The summed E-state index contributed by atoms with van der Waals surface area (Å²) in [5.41, 5.74) is 0.359. The molecule has 1 N–H and O–H groups in total. The maximum Gasteiger partial charge on any atom is 0.243 e. The van der Waals surface area contributed by atoms with E-state index in [1.54, 1.807) is 12.1 Å². The van der Waals surface area contributed by atoms with Gasteiger partial charge >= 0.3 is 0 Å². The molecular weight excluding hydrogens is 410 g/mol. The zero-order valence-electron chi connectivity index (χ0n) is 16.5. The molecule has 0 spiro atoms. The minimum absolute atomic E-state index is 0.0201. The summed E-state index contributed by atoms with van der Waals surface area (Å²) in [7, 11) is -3.79. The molecule has 160 valence electrons. The summed E-state index contributed by atoms with van der Waals surface area (Å²) in [4.78, 5) is 13.1. The van der Waals surface area contributed by atoms with Gasteiger partial charge in [0.15, 0.2) is 0 Å². The highest BCUT2D eigenvalue weighted by atomic mass is 32.2. The van der Waals surface area contributed by atoms with Crippen molar-refractivity contribution in [2.75, 3.05) is 13.1 Å². The zero-order valence-corrected chi connectivity index (χ0v) is 17.3. The Morgan fingerprint density at radius 3 is 2.13 bits per heavy atom. The Kier molecular flexibility index (Phi) is 5.63. The predicted molar refractivity (Wildman–Crippen MR) is 108 cm³/mol. The highest BCUT2D eigenvalue weighted by Gasteiger charge is 2.42. The summed E-state index contributed by atoms with van der Waals surface area (Å²) in [5, 5.41) is 3.12. The molecule has 2 aromatic carbocycles. The van der Waals surface area contributed by atoms with E-state index in [-0.39, 0.29) is 23.2 Å². The molecule has 1 unspecified atom stereocenters. The minimum Gasteiger partial charge on any atom is -0.346 e. The molecule has 0 aromatic heterocycles. The topological polar surface area (TPSA) is 66.5 Å². The molecule has 1 saturated carbocycles. The largest absolute Gasteiger partial charge is 0.346 e. The molecular formula is C22H24F2N2O3S. The fourth-order valence-corrected chi connectivity index (χ4v) is 5.78. The van der Waals surface area contributed by atoms with Crippen LogP contribution in [0.5, 0.6) is 0 Å². The second kappa shape index (κ2) is 8.07. The van der Waals surface area contributed by atoms with Crippen LogP contribution in [-0.2, 0) is 20.4 Å². The predicted octanol–water partition coefficient (Wildman–Crippen LogP) is 3.56. The molecule has 0 bridgehead atoms. The van der Waals surface area contributed by atoms with Crippen molar-refractivity contribution < 1.29 is 22.0 Å². The van der Waals surface area contributed by atoms with Crippen LogP contribution in [0, 0.1) is 17.6 Å². The fraction of sp³-hybridized carbons (Fsp3) is 0.409. The van der Waals surface area contributed by atoms with Crippen molar-refractivity contribution in [3.63, 3.8) is 0 Å². The van der Waals surface area contributed by atoms with Crippen LogP contribution in [0.1, 0.15) is 37.7 Å². The first-order valence-electron chi connectivity index (χ1n) is 10.1. The van der Waals surface area contributed by atoms with Gasteiger partial charge in [0, 0.05) is 13.1 Å². The van der Waals surface area contributed by atoms with Gasteiger partial charge in [0.25, 0.3) is 0 Å². The standard InChI is InChI=1S/C22H24F2N2O3S/c23-18-6-4-17(5-7-18)22(12-2-13-22)25-21(27)16-3-1-14-26(15-16)30(28,29)20-10-8-19(24)9-11-20/h4-11,16H,1-3,12-15H2,(H,25,27). The van der Waals surface area contributed by atoms with Crippen molar-refractivity contribution >= 4 is 15.9 Å². The van der Waals surface area contributed by atoms with E-state index < -0.39 is 27.3 Å². The lowest BCUT2D eigenvalue weighted by Crippen LogP contribution is -2.54. The van der Waals surface area contributed by atoms with Gasteiger partial charge in [-0.1, -0.05) is 12.1 Å². The molecule has 5 nitrogen and oxygen atoms in total. The summed E-state index contributed by atoms with van der Waals surface area (Å²) < 4.78 is 53.6. The Labute approximate surface area is 175 Å². The molecule has 1 heterocycles. The number of nitrogens with one attached hydrogen (secondary N) is 1. The van der Waals surface area contributed by atoms with Crippen molar-refractivity contribution in [1.29, 1.82) is 0 Å². The second-order valence-electron chi connectivity index (χ2n) is 8.09. The molecule has 1 aliphatic heterocycles. The summed E-state index contributed by atoms with van der Waals surface area (Å²) >= 11 is 0. The van der Waals surface area contributed by atoms with Gasteiger partial charge in [-0.15, -0.1) is 0 Å². The number of nitrogens with zero attached hydrogens (tertiary/aromatic N) is 1. The van der Waals surface area contributed by atoms with Crippen LogP contribution in [0.4, 0.5) is 8.78 Å². The van der Waals surface area contributed by atoms with Gasteiger partial charge < -0.3 is 5.32 Å². The van der Waals surface area contributed by atoms with Crippen molar-refractivity contribution in [2.45, 2.75) is 42.5 Å². The maximum absolute atomic E-state index is 13.3. The number of halogens is 2. The summed E-state index contributed by atoms with van der Waals surface area (Å²) in [6, 6.07) is 10.9. The summed E-state index contributed by atoms with van der Waals surface area (Å²) in [5.74, 6) is -1.48. The number of rotatable bonds is 5. The van der Waals surface area contributed by atoms with E-state index in [9.17, 15) is 22.0 Å². The molecule has 8 heteroatoms. The third-order valence-electron chi connectivity index (χ3n) is 6.17. The molecule has 2 aliphatic rings. The van der Waals surface area contributed by atoms with Crippen molar-refractivity contribution in [3.8, 4) is 0 Å². The molecule has 1 atom stereocenters. The summed E-state index contributed by atoms with van der Waals surface area (Å²) in [6.45, 7) is 0.414. The number of benzene rings is 2. The number of carbonyl (C=O) groups excluding carboxylic acids is 1. The van der Waals surface area contributed by atoms with E-state index in [1.807, 2.05) is 0 Å². The Hall–Kier alpha value is -2.32. The number of sulfonamides is 1. The van der Waals surface area contributed by atoms with Crippen LogP contribution in [0.2, 0.25) is 0 Å². The van der Waals surface area contributed by atoms with Gasteiger partial charge in [0.1, 0.15) is 11.6 Å². The molecule has 2 aromatic rings. The Morgan fingerprint density at radius 2 is 1.57 bits per heavy atom. The lowest BCUT2D eigenvalue weighted by molar-refractivity contribution is -0.129. The monoisotopic (exact) mass is 434 g/mol. The van der Waals surface area contributed by atoms with Crippen LogP contribution in [0.15, 0.2) is 53.4 Å². The van der Waals surface area contributed by atoms with E-state index >= 15 is 0 Å². The number of hydrogen-bond donors (Lipinski definition) is 1. The molecule has 1 saturated heterocycles. The van der Waals surface area contributed by atoms with Crippen LogP contribution in [0.25, 0.3) is 0 Å². The van der Waals surface area contributed by atoms with Crippen LogP contribution in [0.3, 0.4) is 0 Å². The zero-order chi connectivity index (χ0) is 21.4. The number of piperidine rings is 1. The SMILES string of the molecule is O=C(NC1(c2ccc(F)cc2)CCC1)C1CCCN(S(=O)(=O)c2ccc(F)cc2)C1. The lowest BCUT2D eigenvalue weighted by atomic mass is 9.71. The molecule has 1 amide bonds. The Bertz CT molecular complexity index is 1020. The summed E-state index contributed by atoms with van der Waals surface area (Å²) in [6.07, 6.45) is 3.68. The first kappa shape index (κ1) is 20.9. The molecule has 30 heavy (non-hydrogen) atoms. The van der Waals surface area contributed by atoms with Crippen LogP contribution in [-0.4, -0.2) is 31.7 Å². The maximum atomic E-state index is 13.3. The molecule has 2 fully saturated rings. The average molecular weight is 435 g/mol. The minimum atomic E-state index is -3.79. The third-order valence-corrected chi connectivity index (χ3v) is 8.05. The van der Waals surface area contributed by atoms with Gasteiger partial charge in [-0.2, -0.15) is 4.31 Å². The van der Waals surface area contributed by atoms with Gasteiger partial charge in [-0.25, -0.2) is 17.2 Å². The molecule has 4 rings (SSSR count). The Balaban J connectivity index is 1.48. The highest BCUT2D eigenvalue weighted by molar-refractivity contribution is 7.89. The van der Waals surface area contributed by atoms with Crippen LogP contribution >= 0.6 is 0 Å². The molecule has 0 radical (unpaired) electrons. The molecule has 1 aliphatic carbocycles. The average Bonchev–Trinajstić information content (AvgIpc) is 2.72. The number of carbonyl (C=O) groups is 1. The quantitative estimate of drug-likeness (QED) is 0.783. The van der Waals surface area contributed by atoms with E-state index in [2.05, 4.69) is 5.32 Å². The number of hydrogen-bond acceptors (Lipinski definition) is 3. The van der Waals surface area contributed by atoms with Crippen LogP contribution < -0.4 is 5.32 Å². The van der Waals surface area contributed by atoms with E-state index in [0.717, 1.165) is 37.0 Å². The second-order valence-corrected chi connectivity index (χ2v) is 10.0. The third kappa shape index (κ3) is 3.98. The van der Waals surface area contributed by atoms with Gasteiger partial charge in [-0.05, 0) is 74.1 Å². The Morgan fingerprint density at radius 1 is 0.967 bits per heavy atom. The smallest absolute Gasteiger partial charge is 0.243 e. The van der Waals surface area contributed by atoms with E-state index in [1.165, 1.54) is 28.6 Å². The first-order valence-corrected chi connectivity index (χ1v) is 11.6. The van der Waals surface area contributed by atoms with E-state index in [0.29, 0.717) is 19.4 Å². The highest BCUT2D eigenvalue weighted by Crippen LogP contribution is 2.41. The van der Waals surface area contributed by atoms with Gasteiger partial charge in [0.2, 0.25) is 15.9 Å². The van der Waals surface area contributed by atoms with Crippen molar-refractivity contribution in [1.82, 2.24) is 9.62 Å². The van der Waals surface area contributed by atoms with Crippen molar-refractivity contribution in [3.05, 3.63) is 65.7 Å². The fourth-order valence-electron chi connectivity index (χ4n) is 4.25.